The molecule has 0 radical (unpaired) electrons. The summed E-state index contributed by atoms with van der Waals surface area (Å²) >= 11 is 0. The smallest absolute Gasteiger partial charge is 0.225 e. The van der Waals surface area contributed by atoms with E-state index in [1.165, 1.54) is 11.1 Å². The molecule has 6 heteroatoms. The topological polar surface area (TPSA) is 61.4 Å². The van der Waals surface area contributed by atoms with Crippen LogP contribution in [0.3, 0.4) is 0 Å². The Hall–Kier alpha value is -2.47. The fraction of sp³-hybridized carbons (Fsp3) is 0.476. The lowest BCUT2D eigenvalue weighted by molar-refractivity contribution is -0.125. The Kier molecular flexibility index (Phi) is 6.40. The number of nitrogens with one attached hydrogen (secondary N) is 1. The van der Waals surface area contributed by atoms with Gasteiger partial charge in [0.2, 0.25) is 11.9 Å². The van der Waals surface area contributed by atoms with E-state index in [0.717, 1.165) is 19.4 Å². The van der Waals surface area contributed by atoms with Crippen LogP contribution in [0, 0.1) is 12.8 Å². The predicted octanol–water partition coefficient (Wildman–Crippen LogP) is 2.42. The molecular formula is C21H29N5O. The van der Waals surface area contributed by atoms with E-state index in [9.17, 15) is 4.79 Å². The second-order valence-electron chi connectivity index (χ2n) is 7.47. The third kappa shape index (κ3) is 5.04. The van der Waals surface area contributed by atoms with Gasteiger partial charge in [0.05, 0.1) is 12.0 Å². The summed E-state index contributed by atoms with van der Waals surface area (Å²) in [7, 11) is 4.09. The SMILES string of the molecule is Cc1ccc(C(CNC(=O)C2CCCN(c3ncccn3)C2)N(C)C)cc1. The van der Waals surface area contributed by atoms with Crippen molar-refractivity contribution in [2.24, 2.45) is 5.92 Å². The molecule has 3 rings (SSSR count). The van der Waals surface area contributed by atoms with E-state index in [1.807, 2.05) is 20.2 Å². The van der Waals surface area contributed by atoms with Crippen molar-refractivity contribution in [1.82, 2.24) is 20.2 Å². The highest BCUT2D eigenvalue weighted by Gasteiger charge is 2.27. The number of nitrogens with zero attached hydrogens (tertiary/aromatic N) is 4. The minimum atomic E-state index is -0.0246. The molecule has 0 spiro atoms. The van der Waals surface area contributed by atoms with E-state index in [-0.39, 0.29) is 17.9 Å². The van der Waals surface area contributed by atoms with Gasteiger partial charge in [-0.1, -0.05) is 29.8 Å². The lowest BCUT2D eigenvalue weighted by Crippen LogP contribution is -2.45. The molecule has 2 aromatic rings. The molecule has 1 aromatic heterocycles. The van der Waals surface area contributed by atoms with E-state index in [4.69, 9.17) is 0 Å². The van der Waals surface area contributed by atoms with Crippen molar-refractivity contribution in [3.63, 3.8) is 0 Å². The first-order chi connectivity index (χ1) is 13.0. The summed E-state index contributed by atoms with van der Waals surface area (Å²) in [6, 6.07) is 10.5. The number of hydrogen-bond donors (Lipinski definition) is 1. The molecule has 1 aromatic carbocycles. The normalized spacial score (nSPS) is 18.4. The Bertz CT molecular complexity index is 732. The summed E-state index contributed by atoms with van der Waals surface area (Å²) < 4.78 is 0. The molecule has 0 bridgehead atoms. The average Bonchev–Trinajstić information content (AvgIpc) is 2.70. The van der Waals surface area contributed by atoms with Crippen molar-refractivity contribution >= 4 is 11.9 Å². The molecule has 1 amide bonds. The number of hydrogen-bond acceptors (Lipinski definition) is 5. The van der Waals surface area contributed by atoms with Gasteiger partial charge in [-0.3, -0.25) is 4.79 Å². The first kappa shape index (κ1) is 19.3. The van der Waals surface area contributed by atoms with Gasteiger partial charge in [0, 0.05) is 32.0 Å². The zero-order valence-electron chi connectivity index (χ0n) is 16.4. The second-order valence-corrected chi connectivity index (χ2v) is 7.47. The van der Waals surface area contributed by atoms with Crippen molar-refractivity contribution in [2.45, 2.75) is 25.8 Å². The molecule has 1 N–H and O–H groups in total. The minimum absolute atomic E-state index is 0.0246. The van der Waals surface area contributed by atoms with E-state index < -0.39 is 0 Å². The predicted molar refractivity (Wildman–Crippen MR) is 108 cm³/mol. The van der Waals surface area contributed by atoms with Gasteiger partial charge in [-0.25, -0.2) is 9.97 Å². The van der Waals surface area contributed by atoms with E-state index in [1.54, 1.807) is 12.4 Å². The second kappa shape index (κ2) is 8.95. The lowest BCUT2D eigenvalue weighted by Gasteiger charge is -2.32. The fourth-order valence-corrected chi connectivity index (χ4v) is 3.56. The lowest BCUT2D eigenvalue weighted by atomic mass is 9.97. The maximum atomic E-state index is 12.8. The maximum absolute atomic E-state index is 12.8. The van der Waals surface area contributed by atoms with Crippen LogP contribution in [0.25, 0.3) is 0 Å². The number of likely N-dealkylation sites (N-methyl/N-ethyl adjacent to an activating group) is 1. The van der Waals surface area contributed by atoms with Gasteiger partial charge in [-0.05, 0) is 45.5 Å². The number of benzene rings is 1. The Morgan fingerprint density at radius 1 is 1.26 bits per heavy atom. The third-order valence-electron chi connectivity index (χ3n) is 5.18. The number of aryl methyl sites for hydroxylation is 1. The molecule has 0 saturated carbocycles. The molecule has 1 saturated heterocycles. The van der Waals surface area contributed by atoms with Crippen LogP contribution in [-0.2, 0) is 4.79 Å². The third-order valence-corrected chi connectivity index (χ3v) is 5.18. The highest BCUT2D eigenvalue weighted by molar-refractivity contribution is 5.79. The quantitative estimate of drug-likeness (QED) is 0.850. The van der Waals surface area contributed by atoms with Gasteiger partial charge >= 0.3 is 0 Å². The van der Waals surface area contributed by atoms with Gasteiger partial charge in [-0.2, -0.15) is 0 Å². The minimum Gasteiger partial charge on any atom is -0.354 e. The van der Waals surface area contributed by atoms with Gasteiger partial charge in [-0.15, -0.1) is 0 Å². The molecule has 2 heterocycles. The Labute approximate surface area is 161 Å². The van der Waals surface area contributed by atoms with Gasteiger partial charge in [0.15, 0.2) is 0 Å². The molecule has 2 unspecified atom stereocenters. The van der Waals surface area contributed by atoms with Crippen LogP contribution in [0.1, 0.15) is 30.0 Å². The van der Waals surface area contributed by atoms with Gasteiger partial charge < -0.3 is 15.1 Å². The summed E-state index contributed by atoms with van der Waals surface area (Å²) in [5.41, 5.74) is 2.46. The van der Waals surface area contributed by atoms with Crippen LogP contribution in [0.15, 0.2) is 42.7 Å². The van der Waals surface area contributed by atoms with Crippen LogP contribution in [-0.4, -0.2) is 54.5 Å². The van der Waals surface area contributed by atoms with Crippen molar-refractivity contribution in [1.29, 1.82) is 0 Å². The number of anilines is 1. The largest absolute Gasteiger partial charge is 0.354 e. The molecule has 2 atom stereocenters. The summed E-state index contributed by atoms with van der Waals surface area (Å²) in [5, 5.41) is 3.17. The highest BCUT2D eigenvalue weighted by Crippen LogP contribution is 2.21. The number of amides is 1. The van der Waals surface area contributed by atoms with Crippen molar-refractivity contribution in [3.05, 3.63) is 53.9 Å². The van der Waals surface area contributed by atoms with Crippen LogP contribution < -0.4 is 10.2 Å². The standard InChI is InChI=1S/C21H29N5O/c1-16-7-9-17(10-8-16)19(25(2)3)14-24-20(27)18-6-4-13-26(15-18)21-22-11-5-12-23-21/h5,7-12,18-19H,4,6,13-15H2,1-3H3,(H,24,27). The molecule has 1 fully saturated rings. The highest BCUT2D eigenvalue weighted by atomic mass is 16.1. The summed E-state index contributed by atoms with van der Waals surface area (Å²) in [5.74, 6) is 0.804. The number of carbonyl (C=O) groups is 1. The van der Waals surface area contributed by atoms with Crippen LogP contribution in [0.2, 0.25) is 0 Å². The zero-order valence-corrected chi connectivity index (χ0v) is 16.4. The summed E-state index contributed by atoms with van der Waals surface area (Å²) in [4.78, 5) is 25.7. The Morgan fingerprint density at radius 2 is 1.96 bits per heavy atom. The molecular weight excluding hydrogens is 338 g/mol. The number of rotatable bonds is 6. The van der Waals surface area contributed by atoms with Gasteiger partial charge in [0.25, 0.3) is 0 Å². The average molecular weight is 367 g/mol. The number of aromatic nitrogens is 2. The van der Waals surface area contributed by atoms with Crippen LogP contribution >= 0.6 is 0 Å². The molecule has 144 valence electrons. The number of piperidine rings is 1. The Balaban J connectivity index is 1.59. The van der Waals surface area contributed by atoms with E-state index >= 15 is 0 Å². The first-order valence-corrected chi connectivity index (χ1v) is 9.57. The van der Waals surface area contributed by atoms with Crippen molar-refractivity contribution in [2.75, 3.05) is 38.6 Å². The summed E-state index contributed by atoms with van der Waals surface area (Å²) in [6.07, 6.45) is 5.38. The molecule has 6 nitrogen and oxygen atoms in total. The first-order valence-electron chi connectivity index (χ1n) is 9.57. The molecule has 1 aliphatic rings. The summed E-state index contributed by atoms with van der Waals surface area (Å²) in [6.45, 7) is 4.26. The number of carbonyl (C=O) groups excluding carboxylic acids is 1. The molecule has 1 aliphatic heterocycles. The van der Waals surface area contributed by atoms with Crippen LogP contribution in [0.4, 0.5) is 5.95 Å². The van der Waals surface area contributed by atoms with Crippen molar-refractivity contribution < 1.29 is 4.79 Å². The van der Waals surface area contributed by atoms with Crippen LogP contribution in [0.5, 0.6) is 0 Å². The fourth-order valence-electron chi connectivity index (χ4n) is 3.56. The maximum Gasteiger partial charge on any atom is 0.225 e. The molecule has 27 heavy (non-hydrogen) atoms. The van der Waals surface area contributed by atoms with Crippen molar-refractivity contribution in [3.8, 4) is 0 Å². The van der Waals surface area contributed by atoms with Gasteiger partial charge in [0.1, 0.15) is 0 Å². The van der Waals surface area contributed by atoms with E-state index in [0.29, 0.717) is 19.0 Å². The monoisotopic (exact) mass is 367 g/mol. The zero-order chi connectivity index (χ0) is 19.2. The Morgan fingerprint density at radius 3 is 2.63 bits per heavy atom. The van der Waals surface area contributed by atoms with E-state index in [2.05, 4.69) is 56.3 Å². The molecule has 0 aliphatic carbocycles.